The molecule has 3 rings (SSSR count). The van der Waals surface area contributed by atoms with E-state index >= 15 is 0 Å². The third-order valence-corrected chi connectivity index (χ3v) is 5.09. The van der Waals surface area contributed by atoms with E-state index in [4.69, 9.17) is 0 Å². The topological polar surface area (TPSA) is 48.5 Å². The van der Waals surface area contributed by atoms with Crippen molar-refractivity contribution in [3.8, 4) is 0 Å². The molecular formula is C18H21BrN4O. The van der Waals surface area contributed by atoms with Gasteiger partial charge >= 0.3 is 0 Å². The van der Waals surface area contributed by atoms with Crippen molar-refractivity contribution in [2.75, 3.05) is 38.5 Å². The minimum atomic E-state index is 0.00716. The quantitative estimate of drug-likeness (QED) is 0.876. The van der Waals surface area contributed by atoms with E-state index in [-0.39, 0.29) is 5.91 Å². The van der Waals surface area contributed by atoms with Gasteiger partial charge in [0.2, 0.25) is 0 Å². The molecule has 1 aromatic carbocycles. The fraction of sp³-hybridized carbons (Fsp3) is 0.333. The molecule has 2 heterocycles. The molecule has 0 spiro atoms. The fourth-order valence-corrected chi connectivity index (χ4v) is 2.98. The summed E-state index contributed by atoms with van der Waals surface area (Å²) in [6, 6.07) is 9.77. The van der Waals surface area contributed by atoms with E-state index < -0.39 is 0 Å². The highest BCUT2D eigenvalue weighted by molar-refractivity contribution is 9.10. The lowest BCUT2D eigenvalue weighted by Gasteiger charge is -2.32. The van der Waals surface area contributed by atoms with Crippen molar-refractivity contribution in [2.24, 2.45) is 0 Å². The number of piperazine rings is 1. The van der Waals surface area contributed by atoms with Gasteiger partial charge in [0.15, 0.2) is 0 Å². The van der Waals surface area contributed by atoms with E-state index in [0.29, 0.717) is 5.69 Å². The Kier molecular flexibility index (Phi) is 5.16. The predicted octanol–water partition coefficient (Wildman–Crippen LogP) is 3.28. The molecule has 24 heavy (non-hydrogen) atoms. The lowest BCUT2D eigenvalue weighted by Crippen LogP contribution is -2.47. The van der Waals surface area contributed by atoms with Crippen molar-refractivity contribution < 1.29 is 4.79 Å². The maximum Gasteiger partial charge on any atom is 0.272 e. The SMILES string of the molecule is Cc1ccc(Nc2ccc(C(=O)N3CCN(C)CC3)nc2)cc1Br. The first kappa shape index (κ1) is 16.9. The van der Waals surface area contributed by atoms with Gasteiger partial charge in [-0.1, -0.05) is 22.0 Å². The lowest BCUT2D eigenvalue weighted by molar-refractivity contribution is 0.0658. The number of carbonyl (C=O) groups excluding carboxylic acids is 1. The molecule has 0 saturated carbocycles. The molecule has 6 heteroatoms. The number of likely N-dealkylation sites (N-methyl/N-ethyl adjacent to an activating group) is 1. The van der Waals surface area contributed by atoms with E-state index in [0.717, 1.165) is 42.0 Å². The Morgan fingerprint density at radius 3 is 2.46 bits per heavy atom. The van der Waals surface area contributed by atoms with Crippen LogP contribution in [-0.4, -0.2) is 53.9 Å². The molecular weight excluding hydrogens is 368 g/mol. The molecule has 0 aliphatic carbocycles. The summed E-state index contributed by atoms with van der Waals surface area (Å²) >= 11 is 3.53. The van der Waals surface area contributed by atoms with E-state index in [1.807, 2.05) is 36.1 Å². The first-order chi connectivity index (χ1) is 11.5. The first-order valence-electron chi connectivity index (χ1n) is 8.00. The van der Waals surface area contributed by atoms with Gasteiger partial charge in [-0.25, -0.2) is 4.98 Å². The highest BCUT2D eigenvalue weighted by Gasteiger charge is 2.21. The molecule has 126 valence electrons. The first-order valence-corrected chi connectivity index (χ1v) is 8.79. The van der Waals surface area contributed by atoms with Crippen molar-refractivity contribution in [2.45, 2.75) is 6.92 Å². The van der Waals surface area contributed by atoms with Crippen molar-refractivity contribution in [1.29, 1.82) is 0 Å². The third kappa shape index (κ3) is 3.94. The zero-order valence-corrected chi connectivity index (χ0v) is 15.5. The number of pyridine rings is 1. The normalized spacial score (nSPS) is 15.4. The van der Waals surface area contributed by atoms with E-state index in [2.05, 4.69) is 38.2 Å². The van der Waals surface area contributed by atoms with Gasteiger partial charge in [0.1, 0.15) is 5.69 Å². The Morgan fingerprint density at radius 2 is 1.83 bits per heavy atom. The molecule has 1 aliphatic heterocycles. The van der Waals surface area contributed by atoms with Crippen LogP contribution in [0.25, 0.3) is 0 Å². The van der Waals surface area contributed by atoms with Crippen LogP contribution < -0.4 is 5.32 Å². The lowest BCUT2D eigenvalue weighted by atomic mass is 10.2. The standard InChI is InChI=1S/C18H21BrN4O/c1-13-3-4-14(11-16(13)19)21-15-5-6-17(20-12-15)18(24)23-9-7-22(2)8-10-23/h3-6,11-12,21H,7-10H2,1-2H3. The average molecular weight is 389 g/mol. The molecule has 1 fully saturated rings. The zero-order chi connectivity index (χ0) is 17.1. The molecule has 0 radical (unpaired) electrons. The fourth-order valence-electron chi connectivity index (χ4n) is 2.60. The van der Waals surface area contributed by atoms with Gasteiger partial charge in [0.25, 0.3) is 5.91 Å². The highest BCUT2D eigenvalue weighted by atomic mass is 79.9. The zero-order valence-electron chi connectivity index (χ0n) is 13.9. The Morgan fingerprint density at radius 1 is 1.12 bits per heavy atom. The molecule has 5 nitrogen and oxygen atoms in total. The van der Waals surface area contributed by atoms with Crippen LogP contribution in [0, 0.1) is 6.92 Å². The summed E-state index contributed by atoms with van der Waals surface area (Å²) in [7, 11) is 2.07. The number of hydrogen-bond donors (Lipinski definition) is 1. The Hall–Kier alpha value is -1.92. The van der Waals surface area contributed by atoms with Crippen LogP contribution >= 0.6 is 15.9 Å². The van der Waals surface area contributed by atoms with Crippen molar-refractivity contribution >= 4 is 33.2 Å². The summed E-state index contributed by atoms with van der Waals surface area (Å²) < 4.78 is 1.06. The number of nitrogens with zero attached hydrogens (tertiary/aromatic N) is 3. The minimum Gasteiger partial charge on any atom is -0.354 e. The van der Waals surface area contributed by atoms with Crippen LogP contribution in [0.1, 0.15) is 16.1 Å². The predicted molar refractivity (Wildman–Crippen MR) is 99.8 cm³/mol. The molecule has 2 aromatic rings. The van der Waals surface area contributed by atoms with Crippen LogP contribution in [0.4, 0.5) is 11.4 Å². The van der Waals surface area contributed by atoms with Gasteiger partial charge in [-0.15, -0.1) is 0 Å². The second-order valence-corrected chi connectivity index (χ2v) is 6.97. The number of anilines is 2. The average Bonchev–Trinajstić information content (AvgIpc) is 2.59. The van der Waals surface area contributed by atoms with Gasteiger partial charge in [0.05, 0.1) is 11.9 Å². The maximum absolute atomic E-state index is 12.5. The molecule has 0 unspecified atom stereocenters. The van der Waals surface area contributed by atoms with Gasteiger partial charge in [-0.05, 0) is 43.8 Å². The van der Waals surface area contributed by atoms with Gasteiger partial charge in [-0.2, -0.15) is 0 Å². The molecule has 1 saturated heterocycles. The Bertz CT molecular complexity index is 724. The summed E-state index contributed by atoms with van der Waals surface area (Å²) in [5.74, 6) is 0.00716. The number of amides is 1. The largest absolute Gasteiger partial charge is 0.354 e. The van der Waals surface area contributed by atoms with Gasteiger partial charge in [0, 0.05) is 36.3 Å². The summed E-state index contributed by atoms with van der Waals surface area (Å²) in [6.07, 6.45) is 1.71. The molecule has 1 amide bonds. The minimum absolute atomic E-state index is 0.00716. The van der Waals surface area contributed by atoms with Crippen LogP contribution in [0.5, 0.6) is 0 Å². The summed E-state index contributed by atoms with van der Waals surface area (Å²) in [4.78, 5) is 20.9. The second kappa shape index (κ2) is 7.32. The van der Waals surface area contributed by atoms with Crippen molar-refractivity contribution in [1.82, 2.24) is 14.8 Å². The van der Waals surface area contributed by atoms with Crippen molar-refractivity contribution in [3.63, 3.8) is 0 Å². The van der Waals surface area contributed by atoms with Crippen molar-refractivity contribution in [3.05, 3.63) is 52.3 Å². The highest BCUT2D eigenvalue weighted by Crippen LogP contribution is 2.23. The van der Waals surface area contributed by atoms with Crippen LogP contribution in [0.15, 0.2) is 41.0 Å². The number of carbonyl (C=O) groups is 1. The molecule has 1 aromatic heterocycles. The Balaban J connectivity index is 1.66. The van der Waals surface area contributed by atoms with E-state index in [1.165, 1.54) is 5.56 Å². The van der Waals surface area contributed by atoms with Gasteiger partial charge in [-0.3, -0.25) is 4.79 Å². The third-order valence-electron chi connectivity index (χ3n) is 4.23. The van der Waals surface area contributed by atoms with Crippen LogP contribution in [-0.2, 0) is 0 Å². The summed E-state index contributed by atoms with van der Waals surface area (Å²) in [6.45, 7) is 5.39. The molecule has 0 bridgehead atoms. The van der Waals surface area contributed by atoms with Crippen LogP contribution in [0.3, 0.4) is 0 Å². The summed E-state index contributed by atoms with van der Waals surface area (Å²) in [5.41, 5.74) is 3.52. The van der Waals surface area contributed by atoms with E-state index in [1.54, 1.807) is 12.3 Å². The molecule has 1 aliphatic rings. The van der Waals surface area contributed by atoms with E-state index in [9.17, 15) is 4.79 Å². The number of nitrogens with one attached hydrogen (secondary N) is 1. The second-order valence-electron chi connectivity index (χ2n) is 6.12. The van der Waals surface area contributed by atoms with Gasteiger partial charge < -0.3 is 15.1 Å². The Labute approximate surface area is 150 Å². The van der Waals surface area contributed by atoms with Crippen LogP contribution in [0.2, 0.25) is 0 Å². The smallest absolute Gasteiger partial charge is 0.272 e. The maximum atomic E-state index is 12.5. The number of aromatic nitrogens is 1. The number of rotatable bonds is 3. The number of aryl methyl sites for hydroxylation is 1. The number of benzene rings is 1. The molecule has 1 N–H and O–H groups in total. The number of halogens is 1. The summed E-state index contributed by atoms with van der Waals surface area (Å²) in [5, 5.41) is 3.30. The molecule has 0 atom stereocenters. The monoisotopic (exact) mass is 388 g/mol. The number of hydrogen-bond acceptors (Lipinski definition) is 4.